The van der Waals surface area contributed by atoms with Gasteiger partial charge in [-0.05, 0) is 25.0 Å². The van der Waals surface area contributed by atoms with Crippen molar-refractivity contribution in [3.63, 3.8) is 0 Å². The molecule has 0 bridgehead atoms. The van der Waals surface area contributed by atoms with Crippen molar-refractivity contribution in [2.75, 3.05) is 19.6 Å². The molecule has 1 fully saturated rings. The van der Waals surface area contributed by atoms with Crippen molar-refractivity contribution >= 4 is 44.8 Å². The van der Waals surface area contributed by atoms with E-state index in [9.17, 15) is 22.8 Å². The van der Waals surface area contributed by atoms with Crippen LogP contribution in [0.15, 0.2) is 60.9 Å². The summed E-state index contributed by atoms with van der Waals surface area (Å²) in [5.41, 5.74) is 3.84. The van der Waals surface area contributed by atoms with Gasteiger partial charge in [-0.3, -0.25) is 19.8 Å². The van der Waals surface area contributed by atoms with E-state index in [-0.39, 0.29) is 6.04 Å². The van der Waals surface area contributed by atoms with Crippen LogP contribution in [-0.4, -0.2) is 51.7 Å². The summed E-state index contributed by atoms with van der Waals surface area (Å²) in [6.45, 7) is -0.217. The van der Waals surface area contributed by atoms with Gasteiger partial charge in [0.05, 0.1) is 17.7 Å². The number of para-hydroxylation sites is 2. The van der Waals surface area contributed by atoms with Crippen molar-refractivity contribution < 1.29 is 22.8 Å². The third-order valence-corrected chi connectivity index (χ3v) is 7.46. The maximum absolute atomic E-state index is 13.2. The Morgan fingerprint density at radius 3 is 2.00 bits per heavy atom. The minimum absolute atomic E-state index is 0.00935. The molecule has 37 heavy (non-hydrogen) atoms. The first-order valence-corrected chi connectivity index (χ1v) is 12.2. The predicted octanol–water partition coefficient (Wildman–Crippen LogP) is 4.90. The standard InChI is InChI=1S/C28H25F3N4O2/c1-33-14-20(18-6-2-4-8-22(18)33)24-25(27(37)32-26(24)36)21-15-35(23-9-5-3-7-19(21)23)17-10-12-34(13-11-17)16-28(29,30)31/h2-9,14-15,17H,10-13,16H2,1H3,(H,32,36,37). The van der Waals surface area contributed by atoms with E-state index in [1.807, 2.05) is 72.5 Å². The number of aromatic nitrogens is 2. The second kappa shape index (κ2) is 8.62. The zero-order valence-corrected chi connectivity index (χ0v) is 20.2. The van der Waals surface area contributed by atoms with Gasteiger partial charge in [-0.15, -0.1) is 0 Å². The fraction of sp³-hybridized carbons (Fsp3) is 0.286. The normalized spacial score (nSPS) is 17.9. The molecule has 4 aromatic rings. The largest absolute Gasteiger partial charge is 0.401 e. The van der Waals surface area contributed by atoms with Crippen LogP contribution < -0.4 is 5.32 Å². The summed E-state index contributed by atoms with van der Waals surface area (Å²) in [7, 11) is 1.90. The Morgan fingerprint density at radius 1 is 0.838 bits per heavy atom. The van der Waals surface area contributed by atoms with Crippen LogP contribution in [0, 0.1) is 0 Å². The highest BCUT2D eigenvalue weighted by Crippen LogP contribution is 2.40. The number of likely N-dealkylation sites (tertiary alicyclic amines) is 1. The number of rotatable bonds is 4. The Morgan fingerprint density at radius 2 is 1.38 bits per heavy atom. The molecule has 6 nitrogen and oxygen atoms in total. The van der Waals surface area contributed by atoms with Crippen molar-refractivity contribution in [2.24, 2.45) is 7.05 Å². The topological polar surface area (TPSA) is 59.3 Å². The predicted molar refractivity (Wildman–Crippen MR) is 136 cm³/mol. The molecule has 2 aromatic heterocycles. The van der Waals surface area contributed by atoms with Crippen molar-refractivity contribution in [1.82, 2.24) is 19.4 Å². The first-order chi connectivity index (χ1) is 17.7. The number of halogens is 3. The van der Waals surface area contributed by atoms with Crippen molar-refractivity contribution in [2.45, 2.75) is 25.1 Å². The molecule has 2 aromatic carbocycles. The Kier molecular flexibility index (Phi) is 5.49. The molecule has 0 radical (unpaired) electrons. The molecule has 9 heteroatoms. The average Bonchev–Trinajstić information content (AvgIpc) is 3.49. The van der Waals surface area contributed by atoms with Crippen LogP contribution in [0.2, 0.25) is 0 Å². The minimum Gasteiger partial charge on any atom is -0.350 e. The highest BCUT2D eigenvalue weighted by Gasteiger charge is 2.36. The summed E-state index contributed by atoms with van der Waals surface area (Å²) < 4.78 is 42.6. The van der Waals surface area contributed by atoms with Gasteiger partial charge in [0.15, 0.2) is 0 Å². The quantitative estimate of drug-likeness (QED) is 0.401. The Balaban J connectivity index is 1.46. The van der Waals surface area contributed by atoms with E-state index in [1.165, 1.54) is 4.90 Å². The lowest BCUT2D eigenvalue weighted by atomic mass is 9.95. The molecule has 0 unspecified atom stereocenters. The van der Waals surface area contributed by atoms with Gasteiger partial charge < -0.3 is 9.13 Å². The molecular weight excluding hydrogens is 481 g/mol. The molecular formula is C28H25F3N4O2. The number of nitrogens with zero attached hydrogens (tertiary/aromatic N) is 3. The zero-order valence-electron chi connectivity index (χ0n) is 20.2. The summed E-state index contributed by atoms with van der Waals surface area (Å²) in [4.78, 5) is 27.7. The van der Waals surface area contributed by atoms with Gasteiger partial charge in [-0.25, -0.2) is 0 Å². The number of fused-ring (bicyclic) bond motifs is 2. The molecule has 1 N–H and O–H groups in total. The van der Waals surface area contributed by atoms with E-state index in [0.29, 0.717) is 48.2 Å². The summed E-state index contributed by atoms with van der Waals surface area (Å²) >= 11 is 0. The SMILES string of the molecule is Cn1cc(C2=C(c3cn(C4CCN(CC(F)(F)F)CC4)c4ccccc34)C(=O)NC2=O)c2ccccc21. The first-order valence-electron chi connectivity index (χ1n) is 12.2. The van der Waals surface area contributed by atoms with Crippen LogP contribution in [0.3, 0.4) is 0 Å². The van der Waals surface area contributed by atoms with Crippen molar-refractivity contribution in [3.8, 4) is 0 Å². The lowest BCUT2D eigenvalue weighted by Crippen LogP contribution is -2.40. The Hall–Kier alpha value is -3.85. The van der Waals surface area contributed by atoms with Crippen LogP contribution in [0.5, 0.6) is 0 Å². The molecule has 190 valence electrons. The van der Waals surface area contributed by atoms with Gasteiger partial charge in [0, 0.05) is 71.5 Å². The van der Waals surface area contributed by atoms with Gasteiger partial charge in [-0.2, -0.15) is 13.2 Å². The molecule has 0 aliphatic carbocycles. The van der Waals surface area contributed by atoms with E-state index in [1.54, 1.807) is 0 Å². The number of imide groups is 1. The highest BCUT2D eigenvalue weighted by molar-refractivity contribution is 6.50. The number of piperidine rings is 1. The van der Waals surface area contributed by atoms with E-state index in [2.05, 4.69) is 9.88 Å². The number of hydrogen-bond donors (Lipinski definition) is 1. The number of carbonyl (C=O) groups is 2. The Labute approximate surface area is 210 Å². The van der Waals surface area contributed by atoms with Crippen LogP contribution in [0.25, 0.3) is 33.0 Å². The number of nitrogens with one attached hydrogen (secondary N) is 1. The molecule has 0 spiro atoms. The number of hydrogen-bond acceptors (Lipinski definition) is 3. The van der Waals surface area contributed by atoms with Gasteiger partial charge in [0.1, 0.15) is 0 Å². The fourth-order valence-electron chi connectivity index (χ4n) is 5.83. The second-order valence-corrected chi connectivity index (χ2v) is 9.79. The van der Waals surface area contributed by atoms with Crippen LogP contribution in [0.4, 0.5) is 13.2 Å². The van der Waals surface area contributed by atoms with Crippen LogP contribution in [0.1, 0.15) is 30.0 Å². The lowest BCUT2D eigenvalue weighted by Gasteiger charge is -2.33. The molecule has 0 saturated carbocycles. The summed E-state index contributed by atoms with van der Waals surface area (Å²) in [6.07, 6.45) is 0.678. The van der Waals surface area contributed by atoms with Crippen LogP contribution in [-0.2, 0) is 16.6 Å². The van der Waals surface area contributed by atoms with Gasteiger partial charge in [-0.1, -0.05) is 36.4 Å². The third-order valence-electron chi connectivity index (χ3n) is 7.46. The molecule has 2 amide bonds. The minimum atomic E-state index is -4.22. The number of amides is 2. The number of benzene rings is 2. The smallest absolute Gasteiger partial charge is 0.350 e. The molecule has 0 atom stereocenters. The molecule has 2 aliphatic heterocycles. The van der Waals surface area contributed by atoms with E-state index < -0.39 is 24.5 Å². The van der Waals surface area contributed by atoms with E-state index >= 15 is 0 Å². The number of carbonyl (C=O) groups excluding carboxylic acids is 2. The molecule has 4 heterocycles. The summed E-state index contributed by atoms with van der Waals surface area (Å²) in [5, 5.41) is 4.19. The average molecular weight is 507 g/mol. The fourth-order valence-corrected chi connectivity index (χ4v) is 5.83. The highest BCUT2D eigenvalue weighted by atomic mass is 19.4. The first kappa shape index (κ1) is 23.5. The number of alkyl halides is 3. The van der Waals surface area contributed by atoms with Gasteiger partial charge in [0.25, 0.3) is 11.8 Å². The summed E-state index contributed by atoms with van der Waals surface area (Å²) in [5.74, 6) is -0.885. The van der Waals surface area contributed by atoms with Crippen molar-refractivity contribution in [3.05, 3.63) is 72.1 Å². The van der Waals surface area contributed by atoms with Crippen LogP contribution >= 0.6 is 0 Å². The molecule has 1 saturated heterocycles. The number of aryl methyl sites for hydroxylation is 1. The molecule has 2 aliphatic rings. The van der Waals surface area contributed by atoms with Crippen molar-refractivity contribution in [1.29, 1.82) is 0 Å². The molecule has 6 rings (SSSR count). The lowest BCUT2D eigenvalue weighted by molar-refractivity contribution is -0.148. The second-order valence-electron chi connectivity index (χ2n) is 9.79. The summed E-state index contributed by atoms with van der Waals surface area (Å²) in [6, 6.07) is 15.4. The monoisotopic (exact) mass is 506 g/mol. The zero-order chi connectivity index (χ0) is 25.9. The van der Waals surface area contributed by atoms with E-state index in [4.69, 9.17) is 0 Å². The third kappa shape index (κ3) is 4.03. The Bertz CT molecular complexity index is 1590. The van der Waals surface area contributed by atoms with Gasteiger partial charge >= 0.3 is 6.18 Å². The van der Waals surface area contributed by atoms with Gasteiger partial charge in [0.2, 0.25) is 0 Å². The van der Waals surface area contributed by atoms with E-state index in [0.717, 1.165) is 21.8 Å². The maximum atomic E-state index is 13.2. The maximum Gasteiger partial charge on any atom is 0.401 e.